The van der Waals surface area contributed by atoms with E-state index in [-0.39, 0.29) is 11.9 Å². The van der Waals surface area contributed by atoms with Crippen LogP contribution in [-0.2, 0) is 9.53 Å². The summed E-state index contributed by atoms with van der Waals surface area (Å²) in [4.78, 5) is 26.2. The Hall–Kier alpha value is -1.73. The van der Waals surface area contributed by atoms with Gasteiger partial charge in [0.15, 0.2) is 0 Å². The highest BCUT2D eigenvalue weighted by Crippen LogP contribution is 2.24. The topological polar surface area (TPSA) is 70.7 Å². The minimum atomic E-state index is -0.498. The lowest BCUT2D eigenvalue weighted by molar-refractivity contribution is -0.118. The second kappa shape index (κ2) is 11.3. The molecule has 0 saturated carbocycles. The van der Waals surface area contributed by atoms with Gasteiger partial charge in [0.25, 0.3) is 0 Å². The third-order valence-corrected chi connectivity index (χ3v) is 5.37. The Morgan fingerprint density at radius 3 is 2.46 bits per heavy atom. The summed E-state index contributed by atoms with van der Waals surface area (Å²) in [6, 6.07) is 10.6. The lowest BCUT2D eigenvalue weighted by Gasteiger charge is -2.28. The van der Waals surface area contributed by atoms with Crippen molar-refractivity contribution < 1.29 is 14.3 Å². The quantitative estimate of drug-likeness (QED) is 0.615. The van der Waals surface area contributed by atoms with Gasteiger partial charge in [-0.3, -0.25) is 9.69 Å². The molecule has 2 N–H and O–H groups in total. The van der Waals surface area contributed by atoms with E-state index < -0.39 is 11.7 Å². The molecule has 7 heteroatoms. The maximum Gasteiger partial charge on any atom is 0.407 e. The third-order valence-electron chi connectivity index (χ3n) is 4.41. The number of hydrogen-bond acceptors (Lipinski definition) is 5. The Labute approximate surface area is 172 Å². The standard InChI is InChI=1S/C21H33N3O3S/c1-21(2,3)27-20(26)22-11-14-28-16-19(25)23-15-18(24-12-7-8-13-24)17-9-5-4-6-10-17/h4-6,9-10,18H,7-8,11-16H2,1-3H3,(H,22,26)(H,23,25). The summed E-state index contributed by atoms with van der Waals surface area (Å²) >= 11 is 1.51. The number of nitrogens with one attached hydrogen (secondary N) is 2. The van der Waals surface area contributed by atoms with E-state index in [0.717, 1.165) is 13.1 Å². The van der Waals surface area contributed by atoms with Gasteiger partial charge in [-0.1, -0.05) is 30.3 Å². The van der Waals surface area contributed by atoms with Gasteiger partial charge in [-0.05, 0) is 52.3 Å². The van der Waals surface area contributed by atoms with Crippen molar-refractivity contribution in [2.24, 2.45) is 0 Å². The van der Waals surface area contributed by atoms with Crippen LogP contribution < -0.4 is 10.6 Å². The number of nitrogens with zero attached hydrogens (tertiary/aromatic N) is 1. The molecule has 156 valence electrons. The van der Waals surface area contributed by atoms with Crippen LogP contribution in [0, 0.1) is 0 Å². The second-order valence-corrected chi connectivity index (χ2v) is 9.06. The first kappa shape index (κ1) is 22.6. The first-order valence-electron chi connectivity index (χ1n) is 9.95. The van der Waals surface area contributed by atoms with Crippen molar-refractivity contribution in [2.75, 3.05) is 37.7 Å². The van der Waals surface area contributed by atoms with Crippen molar-refractivity contribution >= 4 is 23.8 Å². The lowest BCUT2D eigenvalue weighted by atomic mass is 10.1. The molecule has 1 atom stereocenters. The molecule has 0 spiro atoms. The maximum atomic E-state index is 12.2. The van der Waals surface area contributed by atoms with Crippen molar-refractivity contribution in [2.45, 2.75) is 45.3 Å². The highest BCUT2D eigenvalue weighted by atomic mass is 32.2. The molecule has 6 nitrogen and oxygen atoms in total. The van der Waals surface area contributed by atoms with E-state index in [9.17, 15) is 9.59 Å². The number of carbonyl (C=O) groups excluding carboxylic acids is 2. The summed E-state index contributed by atoms with van der Waals surface area (Å²) in [5.74, 6) is 1.08. The molecule has 28 heavy (non-hydrogen) atoms. The predicted molar refractivity (Wildman–Crippen MR) is 115 cm³/mol. The number of rotatable bonds is 9. The number of amides is 2. The number of carbonyl (C=O) groups is 2. The zero-order chi connectivity index (χ0) is 20.4. The molecule has 0 bridgehead atoms. The first-order valence-corrected chi connectivity index (χ1v) is 11.1. The van der Waals surface area contributed by atoms with E-state index in [1.54, 1.807) is 0 Å². The average molecular weight is 408 g/mol. The van der Waals surface area contributed by atoms with Gasteiger partial charge in [0.1, 0.15) is 5.60 Å². The van der Waals surface area contributed by atoms with Crippen LogP contribution >= 0.6 is 11.8 Å². The lowest BCUT2D eigenvalue weighted by Crippen LogP contribution is -2.37. The number of ether oxygens (including phenoxy) is 1. The third kappa shape index (κ3) is 8.52. The molecule has 1 aromatic rings. The van der Waals surface area contributed by atoms with Crippen molar-refractivity contribution in [3.63, 3.8) is 0 Å². The monoisotopic (exact) mass is 407 g/mol. The van der Waals surface area contributed by atoms with Crippen molar-refractivity contribution in [1.82, 2.24) is 15.5 Å². The molecule has 0 aliphatic carbocycles. The van der Waals surface area contributed by atoms with Crippen LogP contribution in [0.4, 0.5) is 4.79 Å². The van der Waals surface area contributed by atoms with E-state index in [1.807, 2.05) is 39.0 Å². The summed E-state index contributed by atoms with van der Waals surface area (Å²) in [5, 5.41) is 5.78. The predicted octanol–water partition coefficient (Wildman–Crippen LogP) is 3.20. The summed E-state index contributed by atoms with van der Waals surface area (Å²) in [6.45, 7) is 8.76. The Morgan fingerprint density at radius 2 is 1.82 bits per heavy atom. The van der Waals surface area contributed by atoms with Gasteiger partial charge in [0.2, 0.25) is 5.91 Å². The fourth-order valence-corrected chi connectivity index (χ4v) is 3.83. The minimum Gasteiger partial charge on any atom is -0.444 e. The fourth-order valence-electron chi connectivity index (χ4n) is 3.15. The average Bonchev–Trinajstić information content (AvgIpc) is 3.15. The molecule has 1 aliphatic rings. The molecule has 0 radical (unpaired) electrons. The SMILES string of the molecule is CC(C)(C)OC(=O)NCCSCC(=O)NCC(c1ccccc1)N1CCCC1. The minimum absolute atomic E-state index is 0.0300. The molecule has 2 rings (SSSR count). The van der Waals surface area contributed by atoms with E-state index in [1.165, 1.54) is 30.2 Å². The highest BCUT2D eigenvalue weighted by molar-refractivity contribution is 7.99. The van der Waals surface area contributed by atoms with Crippen LogP contribution in [-0.4, -0.2) is 60.2 Å². The Bertz CT molecular complexity index is 613. The van der Waals surface area contributed by atoms with Gasteiger partial charge in [-0.15, -0.1) is 0 Å². The summed E-state index contributed by atoms with van der Waals surface area (Å²) in [6.07, 6.45) is 2.02. The normalized spacial score (nSPS) is 15.8. The molecular formula is C21H33N3O3S. The van der Waals surface area contributed by atoms with Crippen LogP contribution in [0.5, 0.6) is 0 Å². The first-order chi connectivity index (χ1) is 13.3. The molecule has 0 aromatic heterocycles. The van der Waals surface area contributed by atoms with Gasteiger partial charge in [0, 0.05) is 18.8 Å². The van der Waals surface area contributed by atoms with Crippen molar-refractivity contribution in [1.29, 1.82) is 0 Å². The number of benzene rings is 1. The zero-order valence-electron chi connectivity index (χ0n) is 17.2. The highest BCUT2D eigenvalue weighted by Gasteiger charge is 2.23. The molecule has 1 saturated heterocycles. The molecule has 1 aromatic carbocycles. The summed E-state index contributed by atoms with van der Waals surface area (Å²) in [5.41, 5.74) is 0.751. The van der Waals surface area contributed by atoms with Crippen LogP contribution in [0.3, 0.4) is 0 Å². The Morgan fingerprint density at radius 1 is 1.14 bits per heavy atom. The molecule has 1 fully saturated rings. The molecular weight excluding hydrogens is 374 g/mol. The number of likely N-dealkylation sites (tertiary alicyclic amines) is 1. The van der Waals surface area contributed by atoms with Crippen LogP contribution in [0.15, 0.2) is 30.3 Å². The van der Waals surface area contributed by atoms with Crippen molar-refractivity contribution in [3.05, 3.63) is 35.9 Å². The maximum absolute atomic E-state index is 12.2. The van der Waals surface area contributed by atoms with Gasteiger partial charge in [-0.2, -0.15) is 11.8 Å². The van der Waals surface area contributed by atoms with Gasteiger partial charge >= 0.3 is 6.09 Å². The molecule has 1 heterocycles. The van der Waals surface area contributed by atoms with Crippen LogP contribution in [0.1, 0.15) is 45.2 Å². The smallest absolute Gasteiger partial charge is 0.407 e. The number of hydrogen-bond donors (Lipinski definition) is 2. The van der Waals surface area contributed by atoms with Crippen LogP contribution in [0.2, 0.25) is 0 Å². The summed E-state index contributed by atoms with van der Waals surface area (Å²) in [7, 11) is 0. The largest absolute Gasteiger partial charge is 0.444 e. The van der Waals surface area contributed by atoms with Crippen molar-refractivity contribution in [3.8, 4) is 0 Å². The van der Waals surface area contributed by atoms with E-state index in [2.05, 4.69) is 27.7 Å². The number of alkyl carbamates (subject to hydrolysis) is 1. The Kier molecular flexibility index (Phi) is 9.12. The summed E-state index contributed by atoms with van der Waals surface area (Å²) < 4.78 is 5.18. The second-order valence-electron chi connectivity index (χ2n) is 7.95. The van der Waals surface area contributed by atoms with Gasteiger partial charge in [0.05, 0.1) is 11.8 Å². The molecule has 1 aliphatic heterocycles. The van der Waals surface area contributed by atoms with Crippen LogP contribution in [0.25, 0.3) is 0 Å². The molecule has 1 unspecified atom stereocenters. The fraction of sp³-hybridized carbons (Fsp3) is 0.619. The van der Waals surface area contributed by atoms with Gasteiger partial charge in [-0.25, -0.2) is 4.79 Å². The molecule has 2 amide bonds. The van der Waals surface area contributed by atoms with E-state index in [4.69, 9.17) is 4.74 Å². The van der Waals surface area contributed by atoms with Gasteiger partial charge < -0.3 is 15.4 Å². The number of thioether (sulfide) groups is 1. The van der Waals surface area contributed by atoms with E-state index in [0.29, 0.717) is 24.6 Å². The Balaban J connectivity index is 1.67. The van der Waals surface area contributed by atoms with E-state index >= 15 is 0 Å². The zero-order valence-corrected chi connectivity index (χ0v) is 18.0.